The maximum absolute atomic E-state index is 4.95. The Morgan fingerprint density at radius 3 is 2.44 bits per heavy atom. The summed E-state index contributed by atoms with van der Waals surface area (Å²) in [6.45, 7) is 6.73. The molecule has 9 heavy (non-hydrogen) atoms. The van der Waals surface area contributed by atoms with Crippen molar-refractivity contribution in [2.45, 2.75) is 0 Å². The van der Waals surface area contributed by atoms with Crippen LogP contribution in [0.1, 0.15) is 0 Å². The third kappa shape index (κ3) is 1.94. The van der Waals surface area contributed by atoms with E-state index in [2.05, 4.69) is 23.5 Å². The minimum absolute atomic E-state index is 0.491. The van der Waals surface area contributed by atoms with E-state index in [1.807, 2.05) is 0 Å². The lowest BCUT2D eigenvalue weighted by Crippen LogP contribution is -2.19. The van der Waals surface area contributed by atoms with E-state index in [1.54, 1.807) is 7.05 Å². The zero-order valence-electron chi connectivity index (χ0n) is 5.41. The van der Waals surface area contributed by atoms with E-state index in [0.717, 1.165) is 0 Å². The van der Waals surface area contributed by atoms with Crippen molar-refractivity contribution in [2.24, 2.45) is 16.0 Å². The van der Waals surface area contributed by atoms with Crippen molar-refractivity contribution in [3.63, 3.8) is 0 Å². The number of hydrogen-bond acceptors (Lipinski definition) is 3. The van der Waals surface area contributed by atoms with E-state index in [4.69, 9.17) is 5.84 Å². The fourth-order valence-corrected chi connectivity index (χ4v) is 0.341. The third-order valence-corrected chi connectivity index (χ3v) is 0.859. The fourth-order valence-electron chi connectivity index (χ4n) is 0.341. The van der Waals surface area contributed by atoms with Crippen molar-refractivity contribution in [3.8, 4) is 0 Å². The summed E-state index contributed by atoms with van der Waals surface area (Å²) in [5.41, 5.74) is 0. The molecule has 0 saturated carbocycles. The zero-order chi connectivity index (χ0) is 7.28. The maximum Gasteiger partial charge on any atom is 0.167 e. The van der Waals surface area contributed by atoms with Gasteiger partial charge in [-0.1, -0.05) is 6.58 Å². The molecule has 0 aliphatic rings. The molecule has 0 radical (unpaired) electrons. The number of nitrogens with two attached hydrogens (primary N) is 1. The quantitative estimate of drug-likeness (QED) is 0.245. The zero-order valence-corrected chi connectivity index (χ0v) is 5.41. The summed E-state index contributed by atoms with van der Waals surface area (Å²) in [7, 11) is 1.68. The van der Waals surface area contributed by atoms with Crippen LogP contribution in [0.15, 0.2) is 22.9 Å². The van der Waals surface area contributed by atoms with Crippen LogP contribution < -0.4 is 5.84 Å². The van der Waals surface area contributed by atoms with E-state index >= 15 is 0 Å². The van der Waals surface area contributed by atoms with Gasteiger partial charge in [0.15, 0.2) is 5.84 Å². The standard InChI is InChI=1S/C5H10N4/c1-4-5(8-6)9(3)7-2/h4H,1-2,6H2,3H3/b8-5-. The maximum atomic E-state index is 4.95. The lowest BCUT2D eigenvalue weighted by atomic mass is 10.6. The summed E-state index contributed by atoms with van der Waals surface area (Å²) >= 11 is 0. The minimum atomic E-state index is 0.491. The van der Waals surface area contributed by atoms with Gasteiger partial charge in [-0.3, -0.25) is 5.01 Å². The van der Waals surface area contributed by atoms with Crippen LogP contribution in [0.5, 0.6) is 0 Å². The van der Waals surface area contributed by atoms with Crippen LogP contribution in [0.3, 0.4) is 0 Å². The Labute approximate surface area is 54.3 Å². The number of amidine groups is 1. The van der Waals surface area contributed by atoms with Gasteiger partial charge in [-0.2, -0.15) is 10.2 Å². The highest BCUT2D eigenvalue weighted by molar-refractivity contribution is 5.91. The van der Waals surface area contributed by atoms with Crippen LogP contribution in [-0.4, -0.2) is 24.6 Å². The first kappa shape index (κ1) is 7.68. The van der Waals surface area contributed by atoms with Crippen molar-refractivity contribution in [3.05, 3.63) is 12.7 Å². The molecule has 0 atom stereocenters. The molecule has 0 heterocycles. The Morgan fingerprint density at radius 2 is 2.33 bits per heavy atom. The number of hydrazone groups is 2. The summed E-state index contributed by atoms with van der Waals surface area (Å²) in [4.78, 5) is 0. The molecule has 0 amide bonds. The number of nitrogens with zero attached hydrogens (tertiary/aromatic N) is 3. The van der Waals surface area contributed by atoms with Crippen LogP contribution in [0.4, 0.5) is 0 Å². The van der Waals surface area contributed by atoms with Gasteiger partial charge in [-0.15, -0.1) is 0 Å². The monoisotopic (exact) mass is 126 g/mol. The van der Waals surface area contributed by atoms with Crippen LogP contribution in [-0.2, 0) is 0 Å². The van der Waals surface area contributed by atoms with Crippen LogP contribution in [0.25, 0.3) is 0 Å². The second kappa shape index (κ2) is 3.65. The molecule has 0 aromatic rings. The van der Waals surface area contributed by atoms with Gasteiger partial charge in [0.1, 0.15) is 0 Å². The number of rotatable bonds is 2. The smallest absolute Gasteiger partial charge is 0.167 e. The second-order valence-corrected chi connectivity index (χ2v) is 1.36. The summed E-state index contributed by atoms with van der Waals surface area (Å²) < 4.78 is 0. The minimum Gasteiger partial charge on any atom is -0.321 e. The Morgan fingerprint density at radius 1 is 1.78 bits per heavy atom. The molecule has 0 bridgehead atoms. The van der Waals surface area contributed by atoms with E-state index in [-0.39, 0.29) is 0 Å². The fraction of sp³-hybridized carbons (Fsp3) is 0.200. The summed E-state index contributed by atoms with van der Waals surface area (Å²) in [5.74, 6) is 5.44. The Bertz CT molecular complexity index is 138. The number of hydrogen-bond donors (Lipinski definition) is 1. The Hall–Kier alpha value is -1.32. The molecule has 2 N–H and O–H groups in total. The van der Waals surface area contributed by atoms with Gasteiger partial charge in [0, 0.05) is 13.8 Å². The van der Waals surface area contributed by atoms with Gasteiger partial charge >= 0.3 is 0 Å². The van der Waals surface area contributed by atoms with Gasteiger partial charge in [0.05, 0.1) is 0 Å². The molecule has 0 saturated heterocycles. The molecule has 4 heteroatoms. The van der Waals surface area contributed by atoms with Crippen LogP contribution in [0.2, 0.25) is 0 Å². The Balaban J connectivity index is 4.11. The highest BCUT2D eigenvalue weighted by Gasteiger charge is 1.94. The molecule has 50 valence electrons. The predicted molar refractivity (Wildman–Crippen MR) is 39.1 cm³/mol. The van der Waals surface area contributed by atoms with E-state index < -0.39 is 0 Å². The van der Waals surface area contributed by atoms with Crippen molar-refractivity contribution in [1.82, 2.24) is 5.01 Å². The molecule has 0 rings (SSSR count). The molecule has 0 aliphatic carbocycles. The first-order chi connectivity index (χ1) is 4.26. The highest BCUT2D eigenvalue weighted by atomic mass is 15.5. The third-order valence-electron chi connectivity index (χ3n) is 0.859. The van der Waals surface area contributed by atoms with E-state index in [9.17, 15) is 0 Å². The summed E-state index contributed by atoms with van der Waals surface area (Å²) in [6, 6.07) is 0. The summed E-state index contributed by atoms with van der Waals surface area (Å²) in [5, 5.41) is 8.32. The Kier molecular flexibility index (Phi) is 3.12. The molecule has 0 unspecified atom stereocenters. The van der Waals surface area contributed by atoms with Gasteiger partial charge < -0.3 is 5.84 Å². The van der Waals surface area contributed by atoms with Crippen LogP contribution >= 0.6 is 0 Å². The lowest BCUT2D eigenvalue weighted by Gasteiger charge is -2.08. The molecule has 0 spiro atoms. The SMILES string of the molecule is C=C/C(=N/N)N(C)N=C. The number of likely N-dealkylation sites (N-methyl/N-ethyl adjacent to an activating group) is 1. The first-order valence-corrected chi connectivity index (χ1v) is 2.37. The van der Waals surface area contributed by atoms with Crippen LogP contribution in [0, 0.1) is 0 Å². The average Bonchev–Trinajstić information content (AvgIpc) is 1.90. The lowest BCUT2D eigenvalue weighted by molar-refractivity contribution is 0.550. The van der Waals surface area contributed by atoms with Crippen molar-refractivity contribution >= 4 is 12.6 Å². The van der Waals surface area contributed by atoms with Gasteiger partial charge in [0.25, 0.3) is 0 Å². The van der Waals surface area contributed by atoms with Gasteiger partial charge in [-0.05, 0) is 6.08 Å². The van der Waals surface area contributed by atoms with E-state index in [1.165, 1.54) is 11.1 Å². The molecule has 0 aromatic heterocycles. The van der Waals surface area contributed by atoms with Gasteiger partial charge in [-0.25, -0.2) is 0 Å². The van der Waals surface area contributed by atoms with Crippen molar-refractivity contribution < 1.29 is 0 Å². The predicted octanol–water partition coefficient (Wildman–Crippen LogP) is -0.00800. The average molecular weight is 126 g/mol. The topological polar surface area (TPSA) is 54.0 Å². The van der Waals surface area contributed by atoms with Gasteiger partial charge in [0.2, 0.25) is 0 Å². The van der Waals surface area contributed by atoms with Crippen molar-refractivity contribution in [2.75, 3.05) is 7.05 Å². The molecule has 4 nitrogen and oxygen atoms in total. The molecule has 0 fully saturated rings. The molecule has 0 aromatic carbocycles. The molecular weight excluding hydrogens is 116 g/mol. The second-order valence-electron chi connectivity index (χ2n) is 1.36. The summed E-state index contributed by atoms with van der Waals surface area (Å²) in [6.07, 6.45) is 1.49. The van der Waals surface area contributed by atoms with Crippen molar-refractivity contribution in [1.29, 1.82) is 0 Å². The van der Waals surface area contributed by atoms with E-state index in [0.29, 0.717) is 5.84 Å². The molecule has 0 aliphatic heterocycles. The highest BCUT2D eigenvalue weighted by Crippen LogP contribution is 1.85. The normalized spacial score (nSPS) is 10.6. The largest absolute Gasteiger partial charge is 0.321 e. The first-order valence-electron chi connectivity index (χ1n) is 2.37. The molecular formula is C5H10N4.